The van der Waals surface area contributed by atoms with Gasteiger partial charge >= 0.3 is 0 Å². The van der Waals surface area contributed by atoms with Gasteiger partial charge in [0.15, 0.2) is 0 Å². The Bertz CT molecular complexity index is 1250. The predicted octanol–water partition coefficient (Wildman–Crippen LogP) is 3.73. The number of sulfonamides is 1. The number of aryl methyl sites for hydroxylation is 1. The highest BCUT2D eigenvalue weighted by atomic mass is 32.2. The van der Waals surface area contributed by atoms with E-state index in [0.717, 1.165) is 48.7 Å². The first-order chi connectivity index (χ1) is 16.8. The van der Waals surface area contributed by atoms with E-state index in [0.29, 0.717) is 17.8 Å². The van der Waals surface area contributed by atoms with Crippen LogP contribution in [-0.2, 0) is 27.8 Å². The summed E-state index contributed by atoms with van der Waals surface area (Å²) in [4.78, 5) is 15.0. The molecule has 7 nitrogen and oxygen atoms in total. The van der Waals surface area contributed by atoms with Crippen molar-refractivity contribution in [3.63, 3.8) is 0 Å². The van der Waals surface area contributed by atoms with Crippen molar-refractivity contribution in [3.05, 3.63) is 95.1 Å². The van der Waals surface area contributed by atoms with Crippen LogP contribution in [0.5, 0.6) is 0 Å². The molecule has 0 saturated carbocycles. The lowest BCUT2D eigenvalue weighted by molar-refractivity contribution is 0.0951. The van der Waals surface area contributed by atoms with Gasteiger partial charge in [-0.1, -0.05) is 36.4 Å². The van der Waals surface area contributed by atoms with Gasteiger partial charge in [0.2, 0.25) is 10.0 Å². The third kappa shape index (κ3) is 6.41. The van der Waals surface area contributed by atoms with Crippen LogP contribution in [0.25, 0.3) is 0 Å². The minimum atomic E-state index is -3.50. The van der Waals surface area contributed by atoms with Crippen LogP contribution in [0.3, 0.4) is 0 Å². The Morgan fingerprint density at radius 2 is 1.63 bits per heavy atom. The van der Waals surface area contributed by atoms with E-state index in [1.165, 1.54) is 10.6 Å². The van der Waals surface area contributed by atoms with Crippen LogP contribution in [0.15, 0.2) is 72.8 Å². The van der Waals surface area contributed by atoms with Crippen molar-refractivity contribution in [1.82, 2.24) is 5.32 Å². The van der Waals surface area contributed by atoms with E-state index in [1.807, 2.05) is 43.3 Å². The van der Waals surface area contributed by atoms with E-state index >= 15 is 0 Å². The molecule has 1 amide bonds. The summed E-state index contributed by atoms with van der Waals surface area (Å²) in [5.74, 6) is -0.210. The number of nitrogens with zero attached hydrogens (tertiary/aromatic N) is 2. The summed E-state index contributed by atoms with van der Waals surface area (Å²) in [5.41, 5.74) is 5.11. The summed E-state index contributed by atoms with van der Waals surface area (Å²) < 4.78 is 31.7. The highest BCUT2D eigenvalue weighted by Gasteiger charge is 2.19. The third-order valence-electron chi connectivity index (χ3n) is 6.16. The van der Waals surface area contributed by atoms with E-state index in [1.54, 1.807) is 24.3 Å². The van der Waals surface area contributed by atoms with Gasteiger partial charge in [-0.05, 0) is 60.0 Å². The molecule has 8 heteroatoms. The van der Waals surface area contributed by atoms with Gasteiger partial charge in [-0.15, -0.1) is 0 Å². The number of hydrogen-bond acceptors (Lipinski definition) is 5. The fraction of sp³-hybridized carbons (Fsp3) is 0.296. The Morgan fingerprint density at radius 1 is 0.971 bits per heavy atom. The molecule has 3 aromatic carbocycles. The van der Waals surface area contributed by atoms with Crippen LogP contribution >= 0.6 is 0 Å². The highest BCUT2D eigenvalue weighted by molar-refractivity contribution is 7.92. The molecular weight excluding hydrogens is 462 g/mol. The van der Waals surface area contributed by atoms with E-state index in [4.69, 9.17) is 4.74 Å². The number of carbonyl (C=O) groups excluding carboxylic acids is 1. The molecule has 184 valence electrons. The summed E-state index contributed by atoms with van der Waals surface area (Å²) in [5, 5.41) is 2.94. The van der Waals surface area contributed by atoms with Gasteiger partial charge in [0.05, 0.1) is 31.7 Å². The average molecular weight is 494 g/mol. The second kappa shape index (κ2) is 10.9. The number of nitrogens with one attached hydrogen (secondary N) is 1. The Labute approximate surface area is 207 Å². The summed E-state index contributed by atoms with van der Waals surface area (Å²) in [6.07, 6.45) is 1.19. The minimum absolute atomic E-state index is 0.210. The SMILES string of the molecule is Cc1ccccc1CN(c1ccc(C(=O)NCc2ccc(N3CCOCC3)cc2)cc1)S(C)(=O)=O. The Balaban J connectivity index is 1.39. The number of benzene rings is 3. The molecule has 1 saturated heterocycles. The number of morpholine rings is 1. The van der Waals surface area contributed by atoms with E-state index in [9.17, 15) is 13.2 Å². The quantitative estimate of drug-likeness (QED) is 0.517. The monoisotopic (exact) mass is 493 g/mol. The number of anilines is 2. The molecule has 0 aromatic heterocycles. The fourth-order valence-electron chi connectivity index (χ4n) is 4.05. The molecular formula is C27H31N3O4S. The molecule has 3 aromatic rings. The largest absolute Gasteiger partial charge is 0.378 e. The summed E-state index contributed by atoms with van der Waals surface area (Å²) in [6.45, 7) is 5.85. The molecule has 0 unspecified atom stereocenters. The minimum Gasteiger partial charge on any atom is -0.378 e. The van der Waals surface area contributed by atoms with E-state index < -0.39 is 10.0 Å². The molecule has 0 bridgehead atoms. The van der Waals surface area contributed by atoms with Gasteiger partial charge < -0.3 is 15.0 Å². The van der Waals surface area contributed by atoms with Crippen LogP contribution in [0.4, 0.5) is 11.4 Å². The molecule has 0 radical (unpaired) electrons. The van der Waals surface area contributed by atoms with Crippen LogP contribution < -0.4 is 14.5 Å². The first kappa shape index (κ1) is 24.8. The molecule has 0 aliphatic carbocycles. The summed E-state index contributed by atoms with van der Waals surface area (Å²) in [7, 11) is -3.50. The van der Waals surface area contributed by atoms with Gasteiger partial charge in [0, 0.05) is 30.9 Å². The lowest BCUT2D eigenvalue weighted by Gasteiger charge is -2.28. The van der Waals surface area contributed by atoms with Crippen molar-refractivity contribution in [2.24, 2.45) is 0 Å². The maximum Gasteiger partial charge on any atom is 0.251 e. The van der Waals surface area contributed by atoms with Crippen molar-refractivity contribution >= 4 is 27.3 Å². The summed E-state index contributed by atoms with van der Waals surface area (Å²) >= 11 is 0. The molecule has 1 heterocycles. The first-order valence-corrected chi connectivity index (χ1v) is 13.5. The Kier molecular flexibility index (Phi) is 7.73. The van der Waals surface area contributed by atoms with Gasteiger partial charge in [0.25, 0.3) is 5.91 Å². The number of hydrogen-bond donors (Lipinski definition) is 1. The van der Waals surface area contributed by atoms with Gasteiger partial charge in [-0.2, -0.15) is 0 Å². The molecule has 1 N–H and O–H groups in total. The topological polar surface area (TPSA) is 79.0 Å². The second-order valence-electron chi connectivity index (χ2n) is 8.69. The number of ether oxygens (including phenoxy) is 1. The van der Waals surface area contributed by atoms with Crippen molar-refractivity contribution in [3.8, 4) is 0 Å². The maximum absolute atomic E-state index is 12.7. The zero-order chi connectivity index (χ0) is 24.8. The van der Waals surface area contributed by atoms with E-state index in [2.05, 4.69) is 22.3 Å². The zero-order valence-corrected chi connectivity index (χ0v) is 20.9. The molecule has 35 heavy (non-hydrogen) atoms. The average Bonchev–Trinajstić information content (AvgIpc) is 2.87. The van der Waals surface area contributed by atoms with Crippen molar-refractivity contribution in [1.29, 1.82) is 0 Å². The highest BCUT2D eigenvalue weighted by Crippen LogP contribution is 2.23. The number of amides is 1. The van der Waals surface area contributed by atoms with Gasteiger partial charge in [0.1, 0.15) is 0 Å². The molecule has 1 aliphatic heterocycles. The Hall–Kier alpha value is -3.36. The third-order valence-corrected chi connectivity index (χ3v) is 7.30. The lowest BCUT2D eigenvalue weighted by Crippen LogP contribution is -2.36. The molecule has 4 rings (SSSR count). The maximum atomic E-state index is 12.7. The van der Waals surface area contributed by atoms with E-state index in [-0.39, 0.29) is 12.5 Å². The number of carbonyl (C=O) groups is 1. The van der Waals surface area contributed by atoms with Crippen LogP contribution in [0, 0.1) is 6.92 Å². The Morgan fingerprint density at radius 3 is 2.26 bits per heavy atom. The van der Waals surface area contributed by atoms with Crippen LogP contribution in [0.2, 0.25) is 0 Å². The lowest BCUT2D eigenvalue weighted by atomic mass is 10.1. The standard InChI is InChI=1S/C27H31N3O4S/c1-21-5-3-4-6-24(21)20-30(35(2,32)33)26-13-9-23(10-14-26)27(31)28-19-22-7-11-25(12-8-22)29-15-17-34-18-16-29/h3-14H,15-20H2,1-2H3,(H,28,31). The fourth-order valence-corrected chi connectivity index (χ4v) is 4.93. The molecule has 0 atom stereocenters. The zero-order valence-electron chi connectivity index (χ0n) is 20.1. The molecule has 1 aliphatic rings. The summed E-state index contributed by atoms with van der Waals surface area (Å²) in [6, 6.07) is 22.5. The normalized spacial score (nSPS) is 13.9. The first-order valence-electron chi connectivity index (χ1n) is 11.6. The van der Waals surface area contributed by atoms with Crippen molar-refractivity contribution in [2.75, 3.05) is 41.8 Å². The van der Waals surface area contributed by atoms with Gasteiger partial charge in [-0.3, -0.25) is 9.10 Å². The van der Waals surface area contributed by atoms with Gasteiger partial charge in [-0.25, -0.2) is 8.42 Å². The van der Waals surface area contributed by atoms with Crippen LogP contribution in [0.1, 0.15) is 27.0 Å². The van der Waals surface area contributed by atoms with Crippen LogP contribution in [-0.4, -0.2) is 46.9 Å². The predicted molar refractivity (Wildman–Crippen MR) is 139 cm³/mol. The smallest absolute Gasteiger partial charge is 0.251 e. The number of rotatable bonds is 8. The molecule has 1 fully saturated rings. The van der Waals surface area contributed by atoms with Crippen molar-refractivity contribution in [2.45, 2.75) is 20.0 Å². The molecule has 0 spiro atoms. The van der Waals surface area contributed by atoms with Crippen molar-refractivity contribution < 1.29 is 17.9 Å². The second-order valence-corrected chi connectivity index (χ2v) is 10.6.